The van der Waals surface area contributed by atoms with Crippen molar-refractivity contribution in [1.82, 2.24) is 0 Å². The molecule has 1 aliphatic rings. The summed E-state index contributed by atoms with van der Waals surface area (Å²) in [5, 5.41) is 0. The van der Waals surface area contributed by atoms with Crippen molar-refractivity contribution < 1.29 is 9.53 Å². The highest BCUT2D eigenvalue weighted by Crippen LogP contribution is 2.37. The topological polar surface area (TPSA) is 55.6 Å². The van der Waals surface area contributed by atoms with Crippen LogP contribution in [0.3, 0.4) is 0 Å². The third-order valence-corrected chi connectivity index (χ3v) is 3.48. The monoisotopic (exact) mass is 306 g/mol. The molecular formula is C19H18N2O2. The molecule has 0 spiro atoms. The van der Waals surface area contributed by atoms with Crippen molar-refractivity contribution in [1.29, 1.82) is 0 Å². The van der Waals surface area contributed by atoms with E-state index in [0.29, 0.717) is 23.7 Å². The summed E-state index contributed by atoms with van der Waals surface area (Å²) in [6.07, 6.45) is 1.74. The van der Waals surface area contributed by atoms with Gasteiger partial charge in [-0.15, -0.1) is 0 Å². The van der Waals surface area contributed by atoms with Gasteiger partial charge >= 0.3 is 0 Å². The summed E-state index contributed by atoms with van der Waals surface area (Å²) in [4.78, 5) is 14.4. The number of anilines is 2. The van der Waals surface area contributed by atoms with Crippen LogP contribution in [0.15, 0.2) is 66.4 Å². The number of benzene rings is 2. The molecule has 0 saturated carbocycles. The second-order valence-corrected chi connectivity index (χ2v) is 5.60. The second-order valence-electron chi connectivity index (χ2n) is 5.60. The van der Waals surface area contributed by atoms with E-state index in [9.17, 15) is 4.79 Å². The third-order valence-electron chi connectivity index (χ3n) is 3.48. The van der Waals surface area contributed by atoms with Crippen molar-refractivity contribution in [2.24, 2.45) is 0 Å². The Morgan fingerprint density at radius 3 is 2.70 bits per heavy atom. The molecular weight excluding hydrogens is 288 g/mol. The first kappa shape index (κ1) is 14.9. The van der Waals surface area contributed by atoms with Gasteiger partial charge in [0.15, 0.2) is 11.5 Å². The maximum atomic E-state index is 12.8. The van der Waals surface area contributed by atoms with Crippen LogP contribution < -0.4 is 15.4 Å². The summed E-state index contributed by atoms with van der Waals surface area (Å²) in [5.74, 6) is 0.665. The molecule has 3 rings (SSSR count). The normalized spacial score (nSPS) is 15.3. The molecule has 1 amide bonds. The standard InChI is InChI=1S/C19H18N2O2/c1-13(2)12-21-16-9-8-15(20)11-17(16)23-18(19(21)22)10-14-6-4-3-5-7-14/h3-11H,1,12,20H2,2H3/b18-10+. The number of hydrogen-bond acceptors (Lipinski definition) is 3. The quantitative estimate of drug-likeness (QED) is 0.535. The molecule has 0 radical (unpaired) electrons. The van der Waals surface area contributed by atoms with E-state index < -0.39 is 0 Å². The average molecular weight is 306 g/mol. The van der Waals surface area contributed by atoms with Crippen LogP contribution in [0, 0.1) is 0 Å². The van der Waals surface area contributed by atoms with Gasteiger partial charge in [-0.25, -0.2) is 0 Å². The largest absolute Gasteiger partial charge is 0.449 e. The number of nitrogens with two attached hydrogens (primary N) is 1. The summed E-state index contributed by atoms with van der Waals surface area (Å²) < 4.78 is 5.80. The van der Waals surface area contributed by atoms with E-state index in [1.165, 1.54) is 0 Å². The molecule has 1 aliphatic heterocycles. The van der Waals surface area contributed by atoms with Gasteiger partial charge in [-0.3, -0.25) is 9.69 Å². The van der Waals surface area contributed by atoms with Gasteiger partial charge in [0, 0.05) is 18.3 Å². The predicted molar refractivity (Wildman–Crippen MR) is 93.1 cm³/mol. The van der Waals surface area contributed by atoms with Gasteiger partial charge in [-0.05, 0) is 30.7 Å². The zero-order valence-electron chi connectivity index (χ0n) is 13.0. The highest BCUT2D eigenvalue weighted by atomic mass is 16.5. The minimum Gasteiger partial charge on any atom is -0.449 e. The fourth-order valence-electron chi connectivity index (χ4n) is 2.46. The molecule has 23 heavy (non-hydrogen) atoms. The van der Waals surface area contributed by atoms with Gasteiger partial charge < -0.3 is 10.5 Å². The number of ether oxygens (including phenoxy) is 1. The molecule has 4 nitrogen and oxygen atoms in total. The third kappa shape index (κ3) is 3.11. The van der Waals surface area contributed by atoms with Gasteiger partial charge in [0.05, 0.1) is 5.69 Å². The van der Waals surface area contributed by atoms with Crippen LogP contribution in [0.2, 0.25) is 0 Å². The molecule has 0 saturated heterocycles. The summed E-state index contributed by atoms with van der Waals surface area (Å²) in [7, 11) is 0. The lowest BCUT2D eigenvalue weighted by Gasteiger charge is -2.30. The number of carbonyl (C=O) groups is 1. The molecule has 116 valence electrons. The van der Waals surface area contributed by atoms with Gasteiger partial charge in [-0.2, -0.15) is 0 Å². The van der Waals surface area contributed by atoms with Crippen LogP contribution in [-0.2, 0) is 4.79 Å². The smallest absolute Gasteiger partial charge is 0.294 e. The van der Waals surface area contributed by atoms with Crippen molar-refractivity contribution in [2.75, 3.05) is 17.2 Å². The highest BCUT2D eigenvalue weighted by Gasteiger charge is 2.30. The molecule has 0 fully saturated rings. The van der Waals surface area contributed by atoms with E-state index in [1.54, 1.807) is 29.2 Å². The van der Waals surface area contributed by atoms with Gasteiger partial charge in [0.25, 0.3) is 5.91 Å². The number of carbonyl (C=O) groups excluding carboxylic acids is 1. The lowest BCUT2D eigenvalue weighted by Crippen LogP contribution is -2.38. The van der Waals surface area contributed by atoms with Crippen molar-refractivity contribution >= 4 is 23.4 Å². The van der Waals surface area contributed by atoms with E-state index in [2.05, 4.69) is 6.58 Å². The van der Waals surface area contributed by atoms with E-state index in [-0.39, 0.29) is 11.7 Å². The van der Waals surface area contributed by atoms with Crippen molar-refractivity contribution in [3.8, 4) is 5.75 Å². The first-order chi connectivity index (χ1) is 11.0. The Kier molecular flexibility index (Phi) is 3.89. The maximum Gasteiger partial charge on any atom is 0.294 e. The summed E-state index contributed by atoms with van der Waals surface area (Å²) in [5.41, 5.74) is 8.93. The molecule has 2 aromatic rings. The van der Waals surface area contributed by atoms with Gasteiger partial charge in [-0.1, -0.05) is 42.5 Å². The Labute approximate surface area is 135 Å². The Bertz CT molecular complexity index is 794. The van der Waals surface area contributed by atoms with Crippen LogP contribution in [0.1, 0.15) is 12.5 Å². The number of hydrogen-bond donors (Lipinski definition) is 1. The van der Waals surface area contributed by atoms with Crippen LogP contribution in [-0.4, -0.2) is 12.5 Å². The first-order valence-corrected chi connectivity index (χ1v) is 7.35. The molecule has 0 aliphatic carbocycles. The van der Waals surface area contributed by atoms with Crippen LogP contribution in [0.5, 0.6) is 5.75 Å². The van der Waals surface area contributed by atoms with Crippen molar-refractivity contribution in [3.63, 3.8) is 0 Å². The molecule has 1 heterocycles. The molecule has 2 N–H and O–H groups in total. The molecule has 0 unspecified atom stereocenters. The number of nitrogens with zero attached hydrogens (tertiary/aromatic N) is 1. The molecule has 0 aromatic heterocycles. The summed E-state index contributed by atoms with van der Waals surface area (Å²) >= 11 is 0. The highest BCUT2D eigenvalue weighted by molar-refractivity contribution is 6.10. The van der Waals surface area contributed by atoms with Crippen LogP contribution in [0.4, 0.5) is 11.4 Å². The Morgan fingerprint density at radius 1 is 1.26 bits per heavy atom. The van der Waals surface area contributed by atoms with Gasteiger partial charge in [0.1, 0.15) is 0 Å². The fraction of sp³-hybridized carbons (Fsp3) is 0.105. The van der Waals surface area contributed by atoms with E-state index in [4.69, 9.17) is 10.5 Å². The Hall–Kier alpha value is -3.01. The SMILES string of the molecule is C=C(C)CN1C(=O)/C(=C\c2ccccc2)Oc2cc(N)ccc21. The van der Waals surface area contributed by atoms with Crippen molar-refractivity contribution in [3.05, 3.63) is 72.0 Å². The summed E-state index contributed by atoms with van der Waals surface area (Å²) in [6.45, 7) is 6.23. The van der Waals surface area contributed by atoms with E-state index in [1.807, 2.05) is 37.3 Å². The molecule has 2 aromatic carbocycles. The maximum absolute atomic E-state index is 12.8. The lowest BCUT2D eigenvalue weighted by molar-refractivity contribution is -0.117. The number of amides is 1. The first-order valence-electron chi connectivity index (χ1n) is 7.35. The van der Waals surface area contributed by atoms with Crippen molar-refractivity contribution in [2.45, 2.75) is 6.92 Å². The molecule has 4 heteroatoms. The average Bonchev–Trinajstić information content (AvgIpc) is 2.52. The van der Waals surface area contributed by atoms with Crippen LogP contribution >= 0.6 is 0 Å². The minimum absolute atomic E-state index is 0.186. The van der Waals surface area contributed by atoms with Gasteiger partial charge in [0.2, 0.25) is 0 Å². The zero-order valence-corrected chi connectivity index (χ0v) is 13.0. The minimum atomic E-state index is -0.186. The fourth-order valence-corrected chi connectivity index (χ4v) is 2.46. The number of nitrogen functional groups attached to an aromatic ring is 1. The van der Waals surface area contributed by atoms with E-state index in [0.717, 1.165) is 11.1 Å². The lowest BCUT2D eigenvalue weighted by atomic mass is 10.1. The number of rotatable bonds is 3. The molecule has 0 atom stereocenters. The van der Waals surface area contributed by atoms with Crippen LogP contribution in [0.25, 0.3) is 6.08 Å². The van der Waals surface area contributed by atoms with E-state index >= 15 is 0 Å². The zero-order chi connectivity index (χ0) is 16.4. The second kappa shape index (κ2) is 6.01. The summed E-state index contributed by atoms with van der Waals surface area (Å²) in [6, 6.07) is 14.9. The molecule has 0 bridgehead atoms. The Balaban J connectivity index is 2.06. The predicted octanol–water partition coefficient (Wildman–Crippen LogP) is 3.61. The number of fused-ring (bicyclic) bond motifs is 1. The Morgan fingerprint density at radius 2 is 2.00 bits per heavy atom.